The molecule has 1 aliphatic heterocycles. The van der Waals surface area contributed by atoms with E-state index in [2.05, 4.69) is 36.1 Å². The van der Waals surface area contributed by atoms with Crippen molar-refractivity contribution in [3.63, 3.8) is 0 Å². The lowest BCUT2D eigenvalue weighted by Crippen LogP contribution is -2.25. The fourth-order valence-electron chi connectivity index (χ4n) is 3.53. The molecule has 0 saturated carbocycles. The summed E-state index contributed by atoms with van der Waals surface area (Å²) in [7, 11) is 0. The smallest absolute Gasteiger partial charge is 0.232 e. The van der Waals surface area contributed by atoms with Gasteiger partial charge in [0, 0.05) is 29.8 Å². The molecule has 0 N–H and O–H groups in total. The summed E-state index contributed by atoms with van der Waals surface area (Å²) >= 11 is 0. The summed E-state index contributed by atoms with van der Waals surface area (Å²) in [5.41, 5.74) is 3.18. The molecule has 1 atom stereocenters. The third-order valence-corrected chi connectivity index (χ3v) is 5.28. The Morgan fingerprint density at radius 1 is 1.18 bits per heavy atom. The van der Waals surface area contributed by atoms with Crippen molar-refractivity contribution in [2.24, 2.45) is 0 Å². The first-order chi connectivity index (χ1) is 13.4. The minimum atomic E-state index is -0.321. The van der Waals surface area contributed by atoms with Crippen molar-refractivity contribution in [1.29, 1.82) is 0 Å². The van der Waals surface area contributed by atoms with Gasteiger partial charge in [0.25, 0.3) is 0 Å². The number of benzene rings is 2. The molecule has 0 spiro atoms. The van der Waals surface area contributed by atoms with Crippen LogP contribution in [0.3, 0.4) is 0 Å². The van der Waals surface area contributed by atoms with Crippen molar-refractivity contribution in [2.45, 2.75) is 39.0 Å². The number of hydrogen-bond donors (Lipinski definition) is 0. The van der Waals surface area contributed by atoms with Gasteiger partial charge in [-0.15, -0.1) is 0 Å². The molecule has 1 unspecified atom stereocenters. The molecule has 0 radical (unpaired) electrons. The fraction of sp³-hybridized carbons (Fsp3) is 0.318. The zero-order valence-electron chi connectivity index (χ0n) is 16.1. The number of aromatic nitrogens is 2. The lowest BCUT2D eigenvalue weighted by Gasteiger charge is -2.18. The zero-order chi connectivity index (χ0) is 19.8. The van der Waals surface area contributed by atoms with Crippen molar-refractivity contribution < 1.29 is 13.7 Å². The van der Waals surface area contributed by atoms with E-state index in [4.69, 9.17) is 4.52 Å². The molecule has 1 aliphatic rings. The number of rotatable bonds is 4. The van der Waals surface area contributed by atoms with Crippen LogP contribution in [0.5, 0.6) is 0 Å². The lowest BCUT2D eigenvalue weighted by atomic mass is 10.0. The Kier molecular flexibility index (Phi) is 4.71. The van der Waals surface area contributed by atoms with E-state index in [-0.39, 0.29) is 24.1 Å². The summed E-state index contributed by atoms with van der Waals surface area (Å²) in [4.78, 5) is 18.6. The van der Waals surface area contributed by atoms with E-state index in [1.807, 2.05) is 12.1 Å². The molecule has 1 saturated heterocycles. The van der Waals surface area contributed by atoms with Crippen molar-refractivity contribution in [3.05, 3.63) is 65.3 Å². The number of halogens is 1. The molecule has 2 aromatic carbocycles. The Labute approximate surface area is 163 Å². The van der Waals surface area contributed by atoms with Gasteiger partial charge in [-0.3, -0.25) is 4.79 Å². The molecule has 0 bridgehead atoms. The highest BCUT2D eigenvalue weighted by Crippen LogP contribution is 2.34. The van der Waals surface area contributed by atoms with Gasteiger partial charge >= 0.3 is 0 Å². The summed E-state index contributed by atoms with van der Waals surface area (Å²) in [6, 6.07) is 12.8. The molecule has 144 valence electrons. The molecule has 6 heteroatoms. The van der Waals surface area contributed by atoms with Crippen molar-refractivity contribution in [2.75, 3.05) is 11.4 Å². The quantitative estimate of drug-likeness (QED) is 0.652. The Balaban J connectivity index is 1.55. The van der Waals surface area contributed by atoms with Crippen LogP contribution in [0.4, 0.5) is 10.1 Å². The molecule has 4 rings (SSSR count). The highest BCUT2D eigenvalue weighted by Gasteiger charge is 2.36. The Morgan fingerprint density at radius 3 is 2.64 bits per heavy atom. The molecule has 1 aromatic heterocycles. The molecule has 28 heavy (non-hydrogen) atoms. The molecular formula is C22H22FN3O2. The van der Waals surface area contributed by atoms with Gasteiger partial charge in [-0.05, 0) is 30.5 Å². The number of amides is 1. The van der Waals surface area contributed by atoms with Crippen LogP contribution in [0.1, 0.15) is 49.1 Å². The normalized spacial score (nSPS) is 17.0. The third-order valence-electron chi connectivity index (χ3n) is 5.28. The van der Waals surface area contributed by atoms with Crippen molar-refractivity contribution in [3.8, 4) is 11.4 Å². The highest BCUT2D eigenvalue weighted by atomic mass is 19.1. The van der Waals surface area contributed by atoms with Crippen LogP contribution in [-0.2, 0) is 4.79 Å². The van der Waals surface area contributed by atoms with Crippen molar-refractivity contribution >= 4 is 11.6 Å². The highest BCUT2D eigenvalue weighted by molar-refractivity contribution is 5.97. The summed E-state index contributed by atoms with van der Waals surface area (Å²) in [6.45, 7) is 6.36. The van der Waals surface area contributed by atoms with Gasteiger partial charge in [-0.25, -0.2) is 4.39 Å². The summed E-state index contributed by atoms with van der Waals surface area (Å²) in [5.74, 6) is 0.812. The van der Waals surface area contributed by atoms with E-state index in [0.717, 1.165) is 5.56 Å². The summed E-state index contributed by atoms with van der Waals surface area (Å²) in [5, 5.41) is 4.08. The molecule has 5 nitrogen and oxygen atoms in total. The van der Waals surface area contributed by atoms with Crippen LogP contribution in [0.2, 0.25) is 0 Å². The maximum absolute atomic E-state index is 13.9. The number of carbonyl (C=O) groups excluding carboxylic acids is 1. The first-order valence-electron chi connectivity index (χ1n) is 9.43. The van der Waals surface area contributed by atoms with Crippen LogP contribution < -0.4 is 4.90 Å². The van der Waals surface area contributed by atoms with Crippen molar-refractivity contribution in [1.82, 2.24) is 10.1 Å². The van der Waals surface area contributed by atoms with Crippen LogP contribution in [0, 0.1) is 12.7 Å². The second-order valence-electron chi connectivity index (χ2n) is 7.52. The molecule has 1 amide bonds. The Bertz CT molecular complexity index is 1010. The van der Waals surface area contributed by atoms with Gasteiger partial charge in [0.15, 0.2) is 0 Å². The topological polar surface area (TPSA) is 59.2 Å². The predicted molar refractivity (Wildman–Crippen MR) is 105 cm³/mol. The summed E-state index contributed by atoms with van der Waals surface area (Å²) < 4.78 is 19.3. The Hall–Kier alpha value is -3.02. The summed E-state index contributed by atoms with van der Waals surface area (Å²) in [6.07, 6.45) is 0.268. The standard InChI is InChI=1S/C22H22FN3O2/c1-13(2)15-7-9-16(10-8-15)21-24-22(28-25-21)17-11-20(27)26(12-17)19-6-4-5-18(23)14(19)3/h4-10,13,17H,11-12H2,1-3H3. The SMILES string of the molecule is Cc1c(F)cccc1N1CC(c2nc(-c3ccc(C(C)C)cc3)no2)CC1=O. The first kappa shape index (κ1) is 18.3. The maximum atomic E-state index is 13.9. The second kappa shape index (κ2) is 7.19. The largest absolute Gasteiger partial charge is 0.339 e. The Morgan fingerprint density at radius 2 is 1.93 bits per heavy atom. The minimum absolute atomic E-state index is 0.0697. The predicted octanol–water partition coefficient (Wildman–Crippen LogP) is 4.83. The first-order valence-corrected chi connectivity index (χ1v) is 9.43. The number of carbonyl (C=O) groups is 1. The van der Waals surface area contributed by atoms with Gasteiger partial charge in [0.2, 0.25) is 17.6 Å². The van der Waals surface area contributed by atoms with Crippen LogP contribution in [-0.4, -0.2) is 22.6 Å². The van der Waals surface area contributed by atoms with Crippen LogP contribution in [0.15, 0.2) is 47.0 Å². The lowest BCUT2D eigenvalue weighted by molar-refractivity contribution is -0.117. The third kappa shape index (κ3) is 3.30. The van der Waals surface area contributed by atoms with Gasteiger partial charge in [-0.1, -0.05) is 49.3 Å². The van der Waals surface area contributed by atoms with E-state index < -0.39 is 0 Å². The number of hydrogen-bond acceptors (Lipinski definition) is 4. The molecule has 3 aromatic rings. The van der Waals surface area contributed by atoms with Crippen LogP contribution in [0.25, 0.3) is 11.4 Å². The average Bonchev–Trinajstić information content (AvgIpc) is 3.31. The van der Waals surface area contributed by atoms with Crippen LogP contribution >= 0.6 is 0 Å². The monoisotopic (exact) mass is 379 g/mol. The molecule has 2 heterocycles. The fourth-order valence-corrected chi connectivity index (χ4v) is 3.53. The van der Waals surface area contributed by atoms with E-state index in [1.54, 1.807) is 24.0 Å². The van der Waals surface area contributed by atoms with E-state index >= 15 is 0 Å². The zero-order valence-corrected chi connectivity index (χ0v) is 16.1. The minimum Gasteiger partial charge on any atom is -0.339 e. The molecule has 1 fully saturated rings. The molecular weight excluding hydrogens is 357 g/mol. The van der Waals surface area contributed by atoms with E-state index in [0.29, 0.717) is 35.4 Å². The van der Waals surface area contributed by atoms with Gasteiger partial charge in [0.05, 0.1) is 5.92 Å². The number of anilines is 1. The van der Waals surface area contributed by atoms with E-state index in [1.165, 1.54) is 11.6 Å². The van der Waals surface area contributed by atoms with Gasteiger partial charge < -0.3 is 9.42 Å². The van der Waals surface area contributed by atoms with Gasteiger partial charge in [-0.2, -0.15) is 4.98 Å². The average molecular weight is 379 g/mol. The maximum Gasteiger partial charge on any atom is 0.232 e. The van der Waals surface area contributed by atoms with E-state index in [9.17, 15) is 9.18 Å². The van der Waals surface area contributed by atoms with Gasteiger partial charge in [0.1, 0.15) is 5.82 Å². The second-order valence-corrected chi connectivity index (χ2v) is 7.52. The number of nitrogens with zero attached hydrogens (tertiary/aromatic N) is 3. The molecule has 0 aliphatic carbocycles.